The molecule has 6 nitrogen and oxygen atoms in total. The van der Waals surface area contributed by atoms with Crippen LogP contribution in [0.25, 0.3) is 11.3 Å². The molecule has 0 saturated heterocycles. The summed E-state index contributed by atoms with van der Waals surface area (Å²) in [4.78, 5) is 21.5. The Hall–Kier alpha value is -2.89. The number of thiazole rings is 1. The molecular weight excluding hydrogens is 416 g/mol. The molecular formula is C22H20N4O2S2. The van der Waals surface area contributed by atoms with E-state index in [-0.39, 0.29) is 5.91 Å². The zero-order valence-corrected chi connectivity index (χ0v) is 18.1. The Balaban J connectivity index is 1.33. The number of carbonyl (C=O) groups is 1. The van der Waals surface area contributed by atoms with Crippen LogP contribution in [0, 0.1) is 11.3 Å². The van der Waals surface area contributed by atoms with E-state index >= 15 is 0 Å². The van der Waals surface area contributed by atoms with Crippen LogP contribution in [0.1, 0.15) is 29.7 Å². The van der Waals surface area contributed by atoms with E-state index in [1.807, 2.05) is 35.7 Å². The van der Waals surface area contributed by atoms with Gasteiger partial charge in [0.05, 0.1) is 18.4 Å². The number of nitrogens with zero attached hydrogens (tertiary/aromatic N) is 3. The predicted molar refractivity (Wildman–Crippen MR) is 119 cm³/mol. The molecule has 3 aromatic rings. The molecule has 152 valence electrons. The number of methoxy groups -OCH3 is 1. The van der Waals surface area contributed by atoms with Crippen LogP contribution in [-0.4, -0.2) is 28.7 Å². The minimum Gasteiger partial charge on any atom is -0.497 e. The second kappa shape index (κ2) is 9.28. The van der Waals surface area contributed by atoms with Gasteiger partial charge in [-0.3, -0.25) is 4.79 Å². The van der Waals surface area contributed by atoms with Crippen LogP contribution in [0.4, 0.5) is 5.13 Å². The van der Waals surface area contributed by atoms with Gasteiger partial charge in [-0.2, -0.15) is 5.26 Å². The summed E-state index contributed by atoms with van der Waals surface area (Å²) in [6.07, 6.45) is 3.38. The molecule has 0 fully saturated rings. The summed E-state index contributed by atoms with van der Waals surface area (Å²) in [6, 6.07) is 11.8. The molecule has 1 aliphatic carbocycles. The van der Waals surface area contributed by atoms with Gasteiger partial charge in [-0.05, 0) is 43.0 Å². The summed E-state index contributed by atoms with van der Waals surface area (Å²) in [5, 5.41) is 15.4. The minimum absolute atomic E-state index is 0.103. The average molecular weight is 437 g/mol. The number of hydrogen-bond donors (Lipinski definition) is 1. The Morgan fingerprint density at radius 2 is 2.23 bits per heavy atom. The van der Waals surface area contributed by atoms with E-state index in [1.54, 1.807) is 7.11 Å². The lowest BCUT2D eigenvalue weighted by molar-refractivity contribution is -0.115. The number of fused-ring (bicyclic) bond motifs is 1. The Labute approximate surface area is 183 Å². The van der Waals surface area contributed by atoms with Gasteiger partial charge in [0.15, 0.2) is 5.13 Å². The second-order valence-electron chi connectivity index (χ2n) is 6.83. The maximum atomic E-state index is 12.3. The molecule has 1 N–H and O–H groups in total. The minimum atomic E-state index is -0.103. The van der Waals surface area contributed by atoms with E-state index in [1.165, 1.54) is 28.7 Å². The van der Waals surface area contributed by atoms with Gasteiger partial charge in [0.2, 0.25) is 5.91 Å². The number of thioether (sulfide) groups is 1. The summed E-state index contributed by atoms with van der Waals surface area (Å²) in [5.74, 6) is 1.22. The average Bonchev–Trinajstić information content (AvgIpc) is 3.42. The fourth-order valence-electron chi connectivity index (χ4n) is 3.31. The maximum Gasteiger partial charge on any atom is 0.226 e. The topological polar surface area (TPSA) is 87.9 Å². The Morgan fingerprint density at radius 1 is 1.33 bits per heavy atom. The number of nitrogens with one attached hydrogen (secondary N) is 1. The number of benzene rings is 1. The fourth-order valence-corrected chi connectivity index (χ4v) is 4.96. The highest BCUT2D eigenvalue weighted by Crippen LogP contribution is 2.29. The number of carbonyl (C=O) groups excluding carboxylic acids is 1. The van der Waals surface area contributed by atoms with Gasteiger partial charge in [0.25, 0.3) is 0 Å². The quantitative estimate of drug-likeness (QED) is 0.541. The van der Waals surface area contributed by atoms with Crippen LogP contribution in [0.2, 0.25) is 0 Å². The lowest BCUT2D eigenvalue weighted by atomic mass is 10.2. The van der Waals surface area contributed by atoms with Gasteiger partial charge >= 0.3 is 0 Å². The molecule has 2 aromatic heterocycles. The van der Waals surface area contributed by atoms with E-state index in [4.69, 9.17) is 4.74 Å². The van der Waals surface area contributed by atoms with E-state index in [2.05, 4.69) is 21.4 Å². The molecule has 1 aliphatic rings. The first-order valence-corrected chi connectivity index (χ1v) is 11.5. The highest BCUT2D eigenvalue weighted by Gasteiger charge is 2.17. The van der Waals surface area contributed by atoms with Crippen LogP contribution in [0.15, 0.2) is 40.7 Å². The number of hydrogen-bond acceptors (Lipinski definition) is 7. The third kappa shape index (κ3) is 4.64. The van der Waals surface area contributed by atoms with E-state index in [0.29, 0.717) is 22.9 Å². The van der Waals surface area contributed by atoms with Crippen molar-refractivity contribution < 1.29 is 9.53 Å². The molecule has 30 heavy (non-hydrogen) atoms. The van der Waals surface area contributed by atoms with Crippen LogP contribution < -0.4 is 10.1 Å². The summed E-state index contributed by atoms with van der Waals surface area (Å²) >= 11 is 2.85. The maximum absolute atomic E-state index is 12.3. The predicted octanol–water partition coefficient (Wildman–Crippen LogP) is 4.69. The molecule has 0 atom stereocenters. The third-order valence-electron chi connectivity index (χ3n) is 4.82. The molecule has 8 heteroatoms. The van der Waals surface area contributed by atoms with Crippen molar-refractivity contribution in [3.05, 3.63) is 52.5 Å². The first-order chi connectivity index (χ1) is 14.7. The largest absolute Gasteiger partial charge is 0.497 e. The van der Waals surface area contributed by atoms with Gasteiger partial charge in [-0.25, -0.2) is 9.97 Å². The van der Waals surface area contributed by atoms with Gasteiger partial charge in [0, 0.05) is 28.8 Å². The first kappa shape index (κ1) is 20.4. The molecule has 4 rings (SSSR count). The van der Waals surface area contributed by atoms with Crippen molar-refractivity contribution in [1.82, 2.24) is 9.97 Å². The normalized spacial score (nSPS) is 12.3. The molecule has 1 aromatic carbocycles. The Morgan fingerprint density at radius 3 is 3.07 bits per heavy atom. The SMILES string of the molecule is COc1cccc(-c2csc(NC(=O)CCSc3nc4c(cc3C#N)CCC4)n2)c1. The lowest BCUT2D eigenvalue weighted by Crippen LogP contribution is -2.12. The van der Waals surface area contributed by atoms with Crippen molar-refractivity contribution in [3.8, 4) is 23.1 Å². The van der Waals surface area contributed by atoms with E-state index in [0.717, 1.165) is 47.0 Å². The van der Waals surface area contributed by atoms with Crippen molar-refractivity contribution in [2.24, 2.45) is 0 Å². The summed E-state index contributed by atoms with van der Waals surface area (Å²) < 4.78 is 5.25. The third-order valence-corrected chi connectivity index (χ3v) is 6.57. The number of pyridine rings is 1. The highest BCUT2D eigenvalue weighted by atomic mass is 32.2. The molecule has 2 heterocycles. The van der Waals surface area contributed by atoms with Crippen molar-refractivity contribution in [2.75, 3.05) is 18.2 Å². The molecule has 0 aliphatic heterocycles. The van der Waals surface area contributed by atoms with E-state index in [9.17, 15) is 10.1 Å². The molecule has 0 unspecified atom stereocenters. The first-order valence-electron chi connectivity index (χ1n) is 9.62. The Bertz CT molecular complexity index is 1120. The number of amides is 1. The lowest BCUT2D eigenvalue weighted by Gasteiger charge is -2.06. The summed E-state index contributed by atoms with van der Waals surface area (Å²) in [5.41, 5.74) is 4.61. The molecule has 1 amide bonds. The summed E-state index contributed by atoms with van der Waals surface area (Å²) in [6.45, 7) is 0. The second-order valence-corrected chi connectivity index (χ2v) is 8.77. The zero-order valence-electron chi connectivity index (χ0n) is 16.5. The number of anilines is 1. The number of ether oxygens (including phenoxy) is 1. The van der Waals surface area contributed by atoms with Crippen LogP contribution in [0.3, 0.4) is 0 Å². The van der Waals surface area contributed by atoms with Crippen molar-refractivity contribution in [2.45, 2.75) is 30.7 Å². The Kier molecular flexibility index (Phi) is 6.31. The number of aromatic nitrogens is 2. The van der Waals surface area contributed by atoms with Crippen molar-refractivity contribution >= 4 is 34.1 Å². The smallest absolute Gasteiger partial charge is 0.226 e. The monoisotopic (exact) mass is 436 g/mol. The standard InChI is InChI=1S/C22H20N4O2S2/c1-28-17-6-2-4-15(11-17)19-13-30-22(25-19)26-20(27)8-9-29-21-16(12-23)10-14-5-3-7-18(14)24-21/h2,4,6,10-11,13H,3,5,7-9H2,1H3,(H,25,26,27). The molecule has 0 spiro atoms. The zero-order chi connectivity index (χ0) is 20.9. The van der Waals surface area contributed by atoms with Crippen LogP contribution >= 0.6 is 23.1 Å². The summed E-state index contributed by atoms with van der Waals surface area (Å²) in [7, 11) is 1.63. The molecule has 0 bridgehead atoms. The number of nitriles is 1. The van der Waals surface area contributed by atoms with Gasteiger partial charge in [0.1, 0.15) is 16.8 Å². The van der Waals surface area contributed by atoms with Crippen molar-refractivity contribution in [3.63, 3.8) is 0 Å². The molecule has 0 saturated carbocycles. The number of aryl methyl sites for hydroxylation is 2. The fraction of sp³-hybridized carbons (Fsp3) is 0.273. The van der Waals surface area contributed by atoms with Crippen LogP contribution in [-0.2, 0) is 17.6 Å². The van der Waals surface area contributed by atoms with Gasteiger partial charge in [-0.15, -0.1) is 23.1 Å². The van der Waals surface area contributed by atoms with Gasteiger partial charge < -0.3 is 10.1 Å². The van der Waals surface area contributed by atoms with Crippen molar-refractivity contribution in [1.29, 1.82) is 5.26 Å². The van der Waals surface area contributed by atoms with Crippen LogP contribution in [0.5, 0.6) is 5.75 Å². The van der Waals surface area contributed by atoms with E-state index < -0.39 is 0 Å². The number of rotatable bonds is 7. The van der Waals surface area contributed by atoms with Gasteiger partial charge in [-0.1, -0.05) is 12.1 Å². The molecule has 0 radical (unpaired) electrons. The highest BCUT2D eigenvalue weighted by molar-refractivity contribution is 7.99.